The van der Waals surface area contributed by atoms with Crippen LogP contribution in [0.3, 0.4) is 0 Å². The Morgan fingerprint density at radius 1 is 1.50 bits per heavy atom. The van der Waals surface area contributed by atoms with Crippen LogP contribution < -0.4 is 0 Å². The van der Waals surface area contributed by atoms with E-state index in [0.717, 1.165) is 0 Å². The van der Waals surface area contributed by atoms with Gasteiger partial charge in [-0.05, 0) is 26.7 Å². The molecule has 0 aromatic carbocycles. The lowest BCUT2D eigenvalue weighted by Gasteiger charge is -2.35. The normalized spacial score (nSPS) is 20.6. The van der Waals surface area contributed by atoms with Gasteiger partial charge in [0.05, 0.1) is 29.7 Å². The summed E-state index contributed by atoms with van der Waals surface area (Å²) in [5.74, 6) is 0. The summed E-state index contributed by atoms with van der Waals surface area (Å²) in [5.41, 5.74) is -0.0290. The van der Waals surface area contributed by atoms with Gasteiger partial charge < -0.3 is 14.4 Å². The second-order valence-electron chi connectivity index (χ2n) is 5.10. The monoisotopic (exact) mass is 249 g/mol. The highest BCUT2D eigenvalue weighted by atomic mass is 16.5. The minimum atomic E-state index is -0.809. The summed E-state index contributed by atoms with van der Waals surface area (Å²) in [4.78, 5) is 4.09. The minimum Gasteiger partial charge on any atom is -0.385 e. The van der Waals surface area contributed by atoms with Crippen molar-refractivity contribution in [3.8, 4) is 6.07 Å². The number of ether oxygens (including phenoxy) is 1. The summed E-state index contributed by atoms with van der Waals surface area (Å²) in [5, 5.41) is 20.0. The van der Waals surface area contributed by atoms with Crippen LogP contribution in [0, 0.1) is 16.7 Å². The van der Waals surface area contributed by atoms with Crippen LogP contribution in [0.5, 0.6) is 0 Å². The first kappa shape index (κ1) is 13.1. The fourth-order valence-electron chi connectivity index (χ4n) is 2.42. The molecule has 2 rings (SSSR count). The Labute approximate surface area is 107 Å². The van der Waals surface area contributed by atoms with Crippen molar-refractivity contribution in [2.45, 2.75) is 38.8 Å². The molecule has 0 spiro atoms. The molecule has 2 heterocycles. The fraction of sp³-hybridized carbons (Fsp3) is 0.692. The first-order valence-electron chi connectivity index (χ1n) is 6.29. The second-order valence-corrected chi connectivity index (χ2v) is 5.10. The molecule has 98 valence electrons. The van der Waals surface area contributed by atoms with Gasteiger partial charge in [0.2, 0.25) is 0 Å². The Balaban J connectivity index is 2.31. The molecule has 1 unspecified atom stereocenters. The minimum absolute atomic E-state index is 0.215. The van der Waals surface area contributed by atoms with Crippen LogP contribution in [0.25, 0.3) is 0 Å². The number of imidazole rings is 1. The van der Waals surface area contributed by atoms with Gasteiger partial charge in [0.15, 0.2) is 0 Å². The molecule has 18 heavy (non-hydrogen) atoms. The second kappa shape index (κ2) is 5.09. The van der Waals surface area contributed by atoms with Crippen molar-refractivity contribution in [2.75, 3.05) is 13.2 Å². The van der Waals surface area contributed by atoms with Crippen LogP contribution in [-0.4, -0.2) is 27.9 Å². The Kier molecular flexibility index (Phi) is 3.69. The van der Waals surface area contributed by atoms with E-state index in [4.69, 9.17) is 4.74 Å². The van der Waals surface area contributed by atoms with E-state index in [1.807, 2.05) is 18.4 Å². The predicted molar refractivity (Wildman–Crippen MR) is 65.7 cm³/mol. The predicted octanol–water partition coefficient (Wildman–Crippen LogP) is 1.82. The molecule has 1 aromatic rings. The Morgan fingerprint density at radius 2 is 2.17 bits per heavy atom. The first-order chi connectivity index (χ1) is 8.60. The maximum Gasteiger partial charge on any atom is 0.114 e. The van der Waals surface area contributed by atoms with Crippen LogP contribution >= 0.6 is 0 Å². The summed E-state index contributed by atoms with van der Waals surface area (Å²) in [6, 6.07) is 2.52. The molecular formula is C13H19N3O2. The molecule has 1 aromatic heterocycles. The van der Waals surface area contributed by atoms with Gasteiger partial charge in [-0.3, -0.25) is 0 Å². The van der Waals surface area contributed by atoms with Crippen molar-refractivity contribution in [1.29, 1.82) is 5.26 Å². The third-order valence-corrected chi connectivity index (χ3v) is 3.66. The number of hydrogen-bond acceptors (Lipinski definition) is 4. The smallest absolute Gasteiger partial charge is 0.114 e. The number of nitriles is 1. The van der Waals surface area contributed by atoms with E-state index in [0.29, 0.717) is 31.7 Å². The Bertz CT molecular complexity index is 441. The maximum atomic E-state index is 10.6. The summed E-state index contributed by atoms with van der Waals surface area (Å²) >= 11 is 0. The molecule has 1 fully saturated rings. The molecule has 0 bridgehead atoms. The van der Waals surface area contributed by atoms with Gasteiger partial charge in [0.25, 0.3) is 0 Å². The molecule has 0 saturated carbocycles. The van der Waals surface area contributed by atoms with E-state index in [1.54, 1.807) is 12.5 Å². The lowest BCUT2D eigenvalue weighted by atomic mass is 9.75. The van der Waals surface area contributed by atoms with Crippen LogP contribution in [0.15, 0.2) is 12.5 Å². The molecule has 0 radical (unpaired) electrons. The topological polar surface area (TPSA) is 71.1 Å². The quantitative estimate of drug-likeness (QED) is 0.887. The zero-order valence-corrected chi connectivity index (χ0v) is 10.8. The van der Waals surface area contributed by atoms with Gasteiger partial charge in [0.1, 0.15) is 6.10 Å². The van der Waals surface area contributed by atoms with Crippen LogP contribution in [0.2, 0.25) is 0 Å². The summed E-state index contributed by atoms with van der Waals surface area (Å²) in [6.45, 7) is 5.11. The molecule has 5 heteroatoms. The highest BCUT2D eigenvalue weighted by molar-refractivity contribution is 5.16. The van der Waals surface area contributed by atoms with Gasteiger partial charge in [-0.15, -0.1) is 0 Å². The molecule has 1 aliphatic rings. The van der Waals surface area contributed by atoms with Crippen molar-refractivity contribution in [1.82, 2.24) is 9.55 Å². The molecule has 5 nitrogen and oxygen atoms in total. The van der Waals surface area contributed by atoms with Gasteiger partial charge in [-0.25, -0.2) is 4.98 Å². The average molecular weight is 249 g/mol. The number of aliphatic hydroxyl groups is 1. The zero-order chi connectivity index (χ0) is 13.2. The van der Waals surface area contributed by atoms with Crippen LogP contribution in [0.1, 0.15) is 44.5 Å². The summed E-state index contributed by atoms with van der Waals surface area (Å²) in [6.07, 6.45) is 3.67. The van der Waals surface area contributed by atoms with E-state index in [2.05, 4.69) is 11.1 Å². The lowest BCUT2D eigenvalue weighted by Crippen LogP contribution is -2.35. The van der Waals surface area contributed by atoms with Crippen LogP contribution in [-0.2, 0) is 4.74 Å². The molecular weight excluding hydrogens is 230 g/mol. The van der Waals surface area contributed by atoms with Gasteiger partial charge in [-0.1, -0.05) is 0 Å². The number of hydrogen-bond donors (Lipinski definition) is 1. The number of aliphatic hydroxyl groups excluding tert-OH is 1. The standard InChI is InChI=1S/C13H19N3O2/c1-10(2)16-9-15-7-11(16)12(17)13(8-14)3-5-18-6-4-13/h7,9-10,12,17H,3-6H2,1-2H3. The average Bonchev–Trinajstić information content (AvgIpc) is 2.88. The highest BCUT2D eigenvalue weighted by Crippen LogP contribution is 2.42. The molecule has 1 N–H and O–H groups in total. The van der Waals surface area contributed by atoms with E-state index < -0.39 is 11.5 Å². The van der Waals surface area contributed by atoms with Crippen molar-refractivity contribution < 1.29 is 9.84 Å². The van der Waals surface area contributed by atoms with Crippen LogP contribution in [0.4, 0.5) is 0 Å². The first-order valence-corrected chi connectivity index (χ1v) is 6.29. The van der Waals surface area contributed by atoms with Crippen molar-refractivity contribution in [2.24, 2.45) is 5.41 Å². The third kappa shape index (κ3) is 2.14. The van der Waals surface area contributed by atoms with Crippen molar-refractivity contribution in [3.63, 3.8) is 0 Å². The highest BCUT2D eigenvalue weighted by Gasteiger charge is 2.42. The van der Waals surface area contributed by atoms with Gasteiger partial charge in [0, 0.05) is 19.3 Å². The number of nitrogens with zero attached hydrogens (tertiary/aromatic N) is 3. The molecule has 0 amide bonds. The molecule has 1 saturated heterocycles. The van der Waals surface area contributed by atoms with E-state index in [1.165, 1.54) is 0 Å². The number of aromatic nitrogens is 2. The van der Waals surface area contributed by atoms with Gasteiger partial charge in [-0.2, -0.15) is 5.26 Å². The zero-order valence-electron chi connectivity index (χ0n) is 10.8. The SMILES string of the molecule is CC(C)n1cncc1C(O)C1(C#N)CCOCC1. The largest absolute Gasteiger partial charge is 0.385 e. The third-order valence-electron chi connectivity index (χ3n) is 3.66. The molecule has 1 aliphatic heterocycles. The maximum absolute atomic E-state index is 10.6. The van der Waals surface area contributed by atoms with E-state index in [-0.39, 0.29) is 6.04 Å². The Hall–Kier alpha value is -1.38. The van der Waals surface area contributed by atoms with Crippen molar-refractivity contribution >= 4 is 0 Å². The number of rotatable bonds is 3. The van der Waals surface area contributed by atoms with Crippen molar-refractivity contribution in [3.05, 3.63) is 18.2 Å². The molecule has 1 atom stereocenters. The summed E-state index contributed by atoms with van der Waals surface area (Å²) in [7, 11) is 0. The van der Waals surface area contributed by atoms with E-state index >= 15 is 0 Å². The summed E-state index contributed by atoms with van der Waals surface area (Å²) < 4.78 is 7.20. The Morgan fingerprint density at radius 3 is 2.72 bits per heavy atom. The van der Waals surface area contributed by atoms with Gasteiger partial charge >= 0.3 is 0 Å². The lowest BCUT2D eigenvalue weighted by molar-refractivity contribution is -0.0342. The van der Waals surface area contributed by atoms with E-state index in [9.17, 15) is 10.4 Å². The fourth-order valence-corrected chi connectivity index (χ4v) is 2.42. The molecule has 0 aliphatic carbocycles.